The lowest BCUT2D eigenvalue weighted by molar-refractivity contribution is 0.103. The van der Waals surface area contributed by atoms with Crippen molar-refractivity contribution < 1.29 is 4.79 Å². The van der Waals surface area contributed by atoms with Crippen molar-refractivity contribution >= 4 is 17.5 Å². The van der Waals surface area contributed by atoms with Gasteiger partial charge in [-0.05, 0) is 18.4 Å². The van der Waals surface area contributed by atoms with Gasteiger partial charge in [-0.25, -0.2) is 9.97 Å². The van der Waals surface area contributed by atoms with Gasteiger partial charge in [-0.2, -0.15) is 0 Å². The summed E-state index contributed by atoms with van der Waals surface area (Å²) in [6, 6.07) is 3.62. The Labute approximate surface area is 97.7 Å². The van der Waals surface area contributed by atoms with Gasteiger partial charge in [0.2, 0.25) is 5.78 Å². The van der Waals surface area contributed by atoms with Gasteiger partial charge in [0.15, 0.2) is 5.16 Å². The third kappa shape index (κ3) is 1.99. The summed E-state index contributed by atoms with van der Waals surface area (Å²) in [5, 5.41) is 0.670. The third-order valence-corrected chi connectivity index (χ3v) is 2.83. The summed E-state index contributed by atoms with van der Waals surface area (Å²) >= 11 is 1.45. The number of rotatable bonds is 3. The molecule has 2 heterocycles. The van der Waals surface area contributed by atoms with Gasteiger partial charge in [-0.1, -0.05) is 11.8 Å². The summed E-state index contributed by atoms with van der Waals surface area (Å²) in [6.45, 7) is 0. The molecule has 0 aromatic carbocycles. The monoisotopic (exact) mass is 233 g/mol. The molecule has 5 heteroatoms. The molecule has 0 spiro atoms. The van der Waals surface area contributed by atoms with E-state index in [1.165, 1.54) is 11.8 Å². The van der Waals surface area contributed by atoms with E-state index in [1.807, 2.05) is 25.6 Å². The molecule has 2 aromatic heterocycles. The van der Waals surface area contributed by atoms with Gasteiger partial charge in [-0.15, -0.1) is 0 Å². The molecule has 0 N–H and O–H groups in total. The molecule has 2 aromatic rings. The van der Waals surface area contributed by atoms with E-state index in [-0.39, 0.29) is 5.78 Å². The zero-order chi connectivity index (χ0) is 11.5. The van der Waals surface area contributed by atoms with Crippen LogP contribution >= 0.6 is 11.8 Å². The van der Waals surface area contributed by atoms with Gasteiger partial charge in [-0.3, -0.25) is 4.79 Å². The fourth-order valence-corrected chi connectivity index (χ4v) is 1.70. The number of carbonyl (C=O) groups excluding carboxylic acids is 1. The van der Waals surface area contributed by atoms with Crippen LogP contribution in [0.5, 0.6) is 0 Å². The molecule has 0 fully saturated rings. The van der Waals surface area contributed by atoms with Crippen LogP contribution in [-0.4, -0.2) is 26.6 Å². The van der Waals surface area contributed by atoms with Crippen molar-refractivity contribution in [1.29, 1.82) is 0 Å². The predicted octanol–water partition coefficient (Wildman–Crippen LogP) is 1.77. The quantitative estimate of drug-likeness (QED) is 0.460. The smallest absolute Gasteiger partial charge is 0.212 e. The minimum absolute atomic E-state index is 0.0554. The highest BCUT2D eigenvalue weighted by atomic mass is 32.2. The summed E-state index contributed by atoms with van der Waals surface area (Å²) in [6.07, 6.45) is 6.86. The number of hydrogen-bond acceptors (Lipinski definition) is 4. The van der Waals surface area contributed by atoms with Gasteiger partial charge < -0.3 is 4.57 Å². The van der Waals surface area contributed by atoms with Crippen LogP contribution in [0, 0.1) is 0 Å². The van der Waals surface area contributed by atoms with E-state index in [4.69, 9.17) is 0 Å². The summed E-state index contributed by atoms with van der Waals surface area (Å²) in [5.41, 5.74) is 1.15. The number of ketones is 1. The maximum absolute atomic E-state index is 12.0. The Hall–Kier alpha value is -1.62. The molecule has 4 nitrogen and oxygen atoms in total. The topological polar surface area (TPSA) is 47.8 Å². The molecule has 0 aliphatic carbocycles. The molecule has 0 aliphatic heterocycles. The van der Waals surface area contributed by atoms with Crippen LogP contribution in [-0.2, 0) is 7.05 Å². The number of carbonyl (C=O) groups is 1. The van der Waals surface area contributed by atoms with Crippen LogP contribution < -0.4 is 0 Å². The first-order valence-electron chi connectivity index (χ1n) is 4.74. The second-order valence-electron chi connectivity index (χ2n) is 3.29. The molecular weight excluding hydrogens is 222 g/mol. The molecule has 16 heavy (non-hydrogen) atoms. The van der Waals surface area contributed by atoms with Crippen molar-refractivity contribution in [3.05, 3.63) is 42.0 Å². The molecule has 0 amide bonds. The Morgan fingerprint density at radius 1 is 1.38 bits per heavy atom. The molecule has 0 unspecified atom stereocenters. The standard InChI is InChI=1S/C11H11N3OS/c1-14-5-3-4-9(14)10(15)8-6-12-11(16-2)13-7-8/h3-7H,1-2H3. The van der Waals surface area contributed by atoms with E-state index >= 15 is 0 Å². The van der Waals surface area contributed by atoms with E-state index < -0.39 is 0 Å². The van der Waals surface area contributed by atoms with Crippen molar-refractivity contribution in [3.8, 4) is 0 Å². The second kappa shape index (κ2) is 4.49. The predicted molar refractivity (Wildman–Crippen MR) is 62.7 cm³/mol. The summed E-state index contributed by atoms with van der Waals surface area (Å²) in [7, 11) is 1.84. The summed E-state index contributed by atoms with van der Waals surface area (Å²) in [4.78, 5) is 20.2. The van der Waals surface area contributed by atoms with Crippen molar-refractivity contribution in [2.75, 3.05) is 6.26 Å². The number of aryl methyl sites for hydroxylation is 1. The van der Waals surface area contributed by atoms with E-state index in [1.54, 1.807) is 23.0 Å². The Bertz CT molecular complexity index is 504. The summed E-state index contributed by atoms with van der Waals surface area (Å²) < 4.78 is 1.78. The minimum atomic E-state index is -0.0554. The molecule has 0 atom stereocenters. The van der Waals surface area contributed by atoms with E-state index in [2.05, 4.69) is 9.97 Å². The zero-order valence-corrected chi connectivity index (χ0v) is 9.86. The van der Waals surface area contributed by atoms with Crippen molar-refractivity contribution in [3.63, 3.8) is 0 Å². The Morgan fingerprint density at radius 3 is 2.56 bits per heavy atom. The van der Waals surface area contributed by atoms with E-state index in [0.29, 0.717) is 16.4 Å². The third-order valence-electron chi connectivity index (χ3n) is 2.25. The Kier molecular flexibility index (Phi) is 3.05. The van der Waals surface area contributed by atoms with Crippen LogP contribution in [0.15, 0.2) is 35.9 Å². The first-order valence-corrected chi connectivity index (χ1v) is 5.97. The summed E-state index contributed by atoms with van der Waals surface area (Å²) in [5.74, 6) is -0.0554. The average Bonchev–Trinajstić information content (AvgIpc) is 2.75. The first-order chi connectivity index (χ1) is 7.72. The van der Waals surface area contributed by atoms with E-state index in [0.717, 1.165) is 0 Å². The number of nitrogens with zero attached hydrogens (tertiary/aromatic N) is 3. The molecule has 0 radical (unpaired) electrons. The average molecular weight is 233 g/mol. The second-order valence-corrected chi connectivity index (χ2v) is 4.07. The molecular formula is C11H11N3OS. The lowest BCUT2D eigenvalue weighted by Crippen LogP contribution is -2.07. The van der Waals surface area contributed by atoms with Gasteiger partial charge in [0.25, 0.3) is 0 Å². The van der Waals surface area contributed by atoms with Crippen LogP contribution in [0.1, 0.15) is 16.1 Å². The van der Waals surface area contributed by atoms with Crippen LogP contribution in [0.25, 0.3) is 0 Å². The molecule has 0 bridgehead atoms. The lowest BCUT2D eigenvalue weighted by atomic mass is 10.2. The van der Waals surface area contributed by atoms with Gasteiger partial charge in [0, 0.05) is 25.6 Å². The molecule has 82 valence electrons. The van der Waals surface area contributed by atoms with Crippen LogP contribution in [0.3, 0.4) is 0 Å². The van der Waals surface area contributed by atoms with Gasteiger partial charge in [0.1, 0.15) is 0 Å². The number of aromatic nitrogens is 3. The maximum atomic E-state index is 12.0. The first kappa shape index (κ1) is 10.9. The molecule has 2 rings (SSSR count). The van der Waals surface area contributed by atoms with E-state index in [9.17, 15) is 4.79 Å². The minimum Gasteiger partial charge on any atom is -0.348 e. The number of hydrogen-bond donors (Lipinski definition) is 0. The van der Waals surface area contributed by atoms with Crippen molar-refractivity contribution in [2.45, 2.75) is 5.16 Å². The fraction of sp³-hybridized carbons (Fsp3) is 0.182. The highest BCUT2D eigenvalue weighted by Gasteiger charge is 2.12. The zero-order valence-electron chi connectivity index (χ0n) is 9.04. The number of thioether (sulfide) groups is 1. The SMILES string of the molecule is CSc1ncc(C(=O)c2cccn2C)cn1. The maximum Gasteiger partial charge on any atom is 0.212 e. The van der Waals surface area contributed by atoms with Gasteiger partial charge >= 0.3 is 0 Å². The fourth-order valence-electron chi connectivity index (χ4n) is 1.38. The van der Waals surface area contributed by atoms with Crippen LogP contribution in [0.2, 0.25) is 0 Å². The van der Waals surface area contributed by atoms with Crippen molar-refractivity contribution in [1.82, 2.24) is 14.5 Å². The largest absolute Gasteiger partial charge is 0.348 e. The van der Waals surface area contributed by atoms with Gasteiger partial charge in [0.05, 0.1) is 11.3 Å². The normalized spacial score (nSPS) is 10.4. The highest BCUT2D eigenvalue weighted by molar-refractivity contribution is 7.98. The highest BCUT2D eigenvalue weighted by Crippen LogP contribution is 2.11. The van der Waals surface area contributed by atoms with Crippen LogP contribution in [0.4, 0.5) is 0 Å². The Balaban J connectivity index is 2.31. The van der Waals surface area contributed by atoms with Crippen molar-refractivity contribution in [2.24, 2.45) is 7.05 Å². The lowest BCUT2D eigenvalue weighted by Gasteiger charge is -2.02. The Morgan fingerprint density at radius 2 is 2.06 bits per heavy atom. The molecule has 0 aliphatic rings. The molecule has 0 saturated heterocycles. The molecule has 0 saturated carbocycles.